The Balaban J connectivity index is 2.51. The van der Waals surface area contributed by atoms with Crippen molar-refractivity contribution in [2.75, 3.05) is 26.3 Å². The highest BCUT2D eigenvalue weighted by Crippen LogP contribution is 2.17. The topological polar surface area (TPSA) is 52.9 Å². The zero-order chi connectivity index (χ0) is 11.5. The van der Waals surface area contributed by atoms with Crippen LogP contribution in [-0.4, -0.2) is 59.2 Å². The van der Waals surface area contributed by atoms with Gasteiger partial charge in [-0.05, 0) is 20.3 Å². The number of hydrogen-bond donors (Lipinski definition) is 2. The molecule has 1 aliphatic heterocycles. The van der Waals surface area contributed by atoms with Crippen molar-refractivity contribution in [2.24, 2.45) is 0 Å². The average Bonchev–Trinajstić information content (AvgIpc) is 2.21. The molecule has 0 bridgehead atoms. The van der Waals surface area contributed by atoms with Crippen LogP contribution < -0.4 is 0 Å². The number of hydrogen-bond acceptors (Lipinski definition) is 4. The van der Waals surface area contributed by atoms with E-state index < -0.39 is 5.60 Å². The number of morpholine rings is 1. The molecule has 0 aromatic rings. The van der Waals surface area contributed by atoms with Gasteiger partial charge in [-0.15, -0.1) is 0 Å². The van der Waals surface area contributed by atoms with Crippen LogP contribution in [0.2, 0.25) is 0 Å². The third kappa shape index (κ3) is 3.72. The van der Waals surface area contributed by atoms with Crippen LogP contribution in [0.5, 0.6) is 0 Å². The molecule has 0 aliphatic carbocycles. The van der Waals surface area contributed by atoms with Crippen molar-refractivity contribution in [3.63, 3.8) is 0 Å². The summed E-state index contributed by atoms with van der Waals surface area (Å²) in [6.45, 7) is 7.94. The quantitative estimate of drug-likeness (QED) is 0.708. The molecule has 3 atom stereocenters. The molecule has 0 spiro atoms. The maximum absolute atomic E-state index is 10.0. The zero-order valence-corrected chi connectivity index (χ0v) is 9.94. The molecule has 1 aliphatic rings. The first-order valence-corrected chi connectivity index (χ1v) is 5.67. The van der Waals surface area contributed by atoms with E-state index in [1.54, 1.807) is 0 Å². The lowest BCUT2D eigenvalue weighted by Gasteiger charge is -2.40. The van der Waals surface area contributed by atoms with Gasteiger partial charge in [0.25, 0.3) is 0 Å². The molecular weight excluding hydrogens is 194 g/mol. The minimum Gasteiger partial charge on any atom is -0.394 e. The van der Waals surface area contributed by atoms with Gasteiger partial charge in [-0.25, -0.2) is 0 Å². The van der Waals surface area contributed by atoms with Gasteiger partial charge in [0.2, 0.25) is 0 Å². The summed E-state index contributed by atoms with van der Waals surface area (Å²) >= 11 is 0. The van der Waals surface area contributed by atoms with E-state index in [0.29, 0.717) is 25.7 Å². The lowest BCUT2D eigenvalue weighted by Crippen LogP contribution is -2.54. The SMILES string of the molecule is CCC(C)(O)CN1CC(CO)OCC1C. The molecule has 1 saturated heterocycles. The monoisotopic (exact) mass is 217 g/mol. The molecule has 90 valence electrons. The predicted molar refractivity (Wildman–Crippen MR) is 58.8 cm³/mol. The lowest BCUT2D eigenvalue weighted by atomic mass is 10.0. The Morgan fingerprint density at radius 1 is 1.53 bits per heavy atom. The van der Waals surface area contributed by atoms with Crippen molar-refractivity contribution in [1.82, 2.24) is 4.90 Å². The van der Waals surface area contributed by atoms with Gasteiger partial charge < -0.3 is 14.9 Å². The van der Waals surface area contributed by atoms with Crippen LogP contribution in [0.4, 0.5) is 0 Å². The molecule has 1 rings (SSSR count). The van der Waals surface area contributed by atoms with E-state index >= 15 is 0 Å². The number of aliphatic hydroxyl groups excluding tert-OH is 1. The molecule has 0 aromatic carbocycles. The highest BCUT2D eigenvalue weighted by Gasteiger charge is 2.30. The number of aliphatic hydroxyl groups is 2. The number of nitrogens with zero attached hydrogens (tertiary/aromatic N) is 1. The Kier molecular flexibility index (Phi) is 4.52. The number of ether oxygens (including phenoxy) is 1. The molecule has 3 unspecified atom stereocenters. The van der Waals surface area contributed by atoms with Gasteiger partial charge in [0, 0.05) is 19.1 Å². The molecule has 2 N–H and O–H groups in total. The van der Waals surface area contributed by atoms with Crippen molar-refractivity contribution in [2.45, 2.75) is 44.9 Å². The summed E-state index contributed by atoms with van der Waals surface area (Å²) in [5.74, 6) is 0. The standard InChI is InChI=1S/C11H23NO3/c1-4-11(3,14)8-12-5-10(6-13)15-7-9(12)2/h9-10,13-14H,4-8H2,1-3H3. The Morgan fingerprint density at radius 3 is 2.73 bits per heavy atom. The Labute approximate surface area is 91.8 Å². The highest BCUT2D eigenvalue weighted by atomic mass is 16.5. The Bertz CT molecular complexity index is 196. The van der Waals surface area contributed by atoms with Crippen LogP contribution in [0, 0.1) is 0 Å². The van der Waals surface area contributed by atoms with Crippen LogP contribution in [0.3, 0.4) is 0 Å². The first-order chi connectivity index (χ1) is 6.98. The fourth-order valence-corrected chi connectivity index (χ4v) is 1.76. The molecule has 1 fully saturated rings. The van der Waals surface area contributed by atoms with Crippen molar-refractivity contribution < 1.29 is 14.9 Å². The smallest absolute Gasteiger partial charge is 0.0933 e. The van der Waals surface area contributed by atoms with Gasteiger partial charge in [0.15, 0.2) is 0 Å². The van der Waals surface area contributed by atoms with Crippen LogP contribution in [0.1, 0.15) is 27.2 Å². The molecule has 0 saturated carbocycles. The van der Waals surface area contributed by atoms with E-state index in [0.717, 1.165) is 6.42 Å². The van der Waals surface area contributed by atoms with E-state index in [4.69, 9.17) is 9.84 Å². The third-order valence-corrected chi connectivity index (χ3v) is 3.14. The second-order valence-corrected chi connectivity index (χ2v) is 4.77. The Morgan fingerprint density at radius 2 is 2.20 bits per heavy atom. The fourth-order valence-electron chi connectivity index (χ4n) is 1.76. The van der Waals surface area contributed by atoms with Gasteiger partial charge in [-0.2, -0.15) is 0 Å². The van der Waals surface area contributed by atoms with Crippen molar-refractivity contribution in [1.29, 1.82) is 0 Å². The third-order valence-electron chi connectivity index (χ3n) is 3.14. The van der Waals surface area contributed by atoms with Crippen LogP contribution in [0.15, 0.2) is 0 Å². The first-order valence-electron chi connectivity index (χ1n) is 5.67. The largest absolute Gasteiger partial charge is 0.394 e. The van der Waals surface area contributed by atoms with Crippen LogP contribution in [-0.2, 0) is 4.74 Å². The molecule has 0 amide bonds. The summed E-state index contributed by atoms with van der Waals surface area (Å²) in [5.41, 5.74) is -0.647. The summed E-state index contributed by atoms with van der Waals surface area (Å²) in [6.07, 6.45) is 0.634. The fraction of sp³-hybridized carbons (Fsp3) is 1.00. The second-order valence-electron chi connectivity index (χ2n) is 4.77. The van der Waals surface area contributed by atoms with Gasteiger partial charge in [0.1, 0.15) is 0 Å². The minimum absolute atomic E-state index is 0.0531. The maximum atomic E-state index is 10.0. The molecule has 4 nitrogen and oxygen atoms in total. The summed E-state index contributed by atoms with van der Waals surface area (Å²) < 4.78 is 5.44. The highest BCUT2D eigenvalue weighted by molar-refractivity contribution is 4.83. The summed E-state index contributed by atoms with van der Waals surface area (Å²) in [7, 11) is 0. The zero-order valence-electron chi connectivity index (χ0n) is 9.94. The normalized spacial score (nSPS) is 32.6. The van der Waals surface area contributed by atoms with Gasteiger partial charge in [-0.3, -0.25) is 4.90 Å². The van der Waals surface area contributed by atoms with Crippen molar-refractivity contribution in [3.05, 3.63) is 0 Å². The van der Waals surface area contributed by atoms with Gasteiger partial charge >= 0.3 is 0 Å². The van der Waals surface area contributed by atoms with Crippen LogP contribution in [0.25, 0.3) is 0 Å². The molecular formula is C11H23NO3. The molecule has 1 heterocycles. The molecule has 4 heteroatoms. The maximum Gasteiger partial charge on any atom is 0.0933 e. The van der Waals surface area contributed by atoms with Crippen molar-refractivity contribution >= 4 is 0 Å². The lowest BCUT2D eigenvalue weighted by molar-refractivity contribution is -0.0994. The average molecular weight is 217 g/mol. The summed E-state index contributed by atoms with van der Waals surface area (Å²) in [4.78, 5) is 2.19. The van der Waals surface area contributed by atoms with Crippen LogP contribution >= 0.6 is 0 Å². The number of rotatable bonds is 4. The minimum atomic E-state index is -0.647. The van der Waals surface area contributed by atoms with Gasteiger partial charge in [0.05, 0.1) is 24.9 Å². The van der Waals surface area contributed by atoms with E-state index in [-0.39, 0.29) is 12.7 Å². The number of β-amino-alcohol motifs (C(OH)–C–C–N with tert-alkyl or cyclic N) is 1. The summed E-state index contributed by atoms with van der Waals surface area (Å²) in [6, 6.07) is 0.311. The van der Waals surface area contributed by atoms with E-state index in [1.165, 1.54) is 0 Å². The second kappa shape index (κ2) is 5.25. The summed E-state index contributed by atoms with van der Waals surface area (Å²) in [5, 5.41) is 19.0. The predicted octanol–water partition coefficient (Wildman–Crippen LogP) is 0.229. The van der Waals surface area contributed by atoms with Gasteiger partial charge in [-0.1, -0.05) is 6.92 Å². The Hall–Kier alpha value is -0.160. The molecule has 15 heavy (non-hydrogen) atoms. The van der Waals surface area contributed by atoms with E-state index in [2.05, 4.69) is 11.8 Å². The van der Waals surface area contributed by atoms with E-state index in [1.807, 2.05) is 13.8 Å². The molecule has 0 aromatic heterocycles. The van der Waals surface area contributed by atoms with E-state index in [9.17, 15) is 5.11 Å². The molecule has 0 radical (unpaired) electrons. The first kappa shape index (κ1) is 12.9. The van der Waals surface area contributed by atoms with Crippen molar-refractivity contribution in [3.8, 4) is 0 Å².